The lowest BCUT2D eigenvalue weighted by Gasteiger charge is -2.09. The van der Waals surface area contributed by atoms with Crippen LogP contribution in [0.4, 0.5) is 0 Å². The zero-order valence-corrected chi connectivity index (χ0v) is 16.5. The fourth-order valence-corrected chi connectivity index (χ4v) is 2.43. The van der Waals surface area contributed by atoms with Crippen molar-refractivity contribution in [1.29, 1.82) is 0 Å². The number of hydrogen-bond donors (Lipinski definition) is 1. The summed E-state index contributed by atoms with van der Waals surface area (Å²) in [5.74, 6) is 1.65. The van der Waals surface area contributed by atoms with E-state index in [0.717, 1.165) is 17.9 Å². The van der Waals surface area contributed by atoms with Crippen molar-refractivity contribution in [3.8, 4) is 11.5 Å². The maximum Gasteiger partial charge on any atom is 0.146 e. The zero-order valence-electron chi connectivity index (χ0n) is 16.5. The molecule has 2 aromatic carbocycles. The Morgan fingerprint density at radius 3 is 1.75 bits per heavy atom. The summed E-state index contributed by atoms with van der Waals surface area (Å²) in [4.78, 5) is 0. The molecular weight excluding hydrogens is 360 g/mol. The highest BCUT2D eigenvalue weighted by molar-refractivity contribution is 5.34. The van der Waals surface area contributed by atoms with E-state index in [1.165, 1.54) is 11.1 Å². The van der Waals surface area contributed by atoms with Crippen molar-refractivity contribution in [3.05, 3.63) is 59.7 Å². The molecule has 0 saturated heterocycles. The van der Waals surface area contributed by atoms with Crippen LogP contribution in [0.25, 0.3) is 0 Å². The van der Waals surface area contributed by atoms with Gasteiger partial charge in [-0.1, -0.05) is 24.3 Å². The summed E-state index contributed by atoms with van der Waals surface area (Å²) >= 11 is 0. The van der Waals surface area contributed by atoms with Gasteiger partial charge in [-0.15, -0.1) is 0 Å². The second-order valence-electron chi connectivity index (χ2n) is 6.17. The fraction of sp³-hybridized carbons (Fsp3) is 0.455. The minimum atomic E-state index is 0.147. The number of aliphatic hydroxyl groups excluding tert-OH is 1. The first kappa shape index (κ1) is 22.2. The lowest BCUT2D eigenvalue weighted by atomic mass is 10.0. The first-order valence-corrected chi connectivity index (χ1v) is 9.50. The Labute approximate surface area is 166 Å². The number of rotatable bonds is 15. The van der Waals surface area contributed by atoms with Gasteiger partial charge in [0.2, 0.25) is 0 Å². The van der Waals surface area contributed by atoms with Crippen molar-refractivity contribution in [2.75, 3.05) is 53.5 Å². The van der Waals surface area contributed by atoms with Crippen LogP contribution in [-0.2, 0) is 20.6 Å². The van der Waals surface area contributed by atoms with Crippen LogP contribution in [0.2, 0.25) is 0 Å². The summed E-state index contributed by atoms with van der Waals surface area (Å²) in [7, 11) is 1.64. The van der Waals surface area contributed by atoms with Crippen LogP contribution >= 0.6 is 0 Å². The molecule has 0 saturated carbocycles. The number of ether oxygens (including phenoxy) is 5. The molecule has 1 N–H and O–H groups in total. The van der Waals surface area contributed by atoms with E-state index in [1.54, 1.807) is 7.11 Å². The van der Waals surface area contributed by atoms with E-state index >= 15 is 0 Å². The van der Waals surface area contributed by atoms with Gasteiger partial charge in [0, 0.05) is 20.1 Å². The van der Waals surface area contributed by atoms with Crippen LogP contribution in [0.5, 0.6) is 11.5 Å². The van der Waals surface area contributed by atoms with Gasteiger partial charge < -0.3 is 28.8 Å². The summed E-state index contributed by atoms with van der Waals surface area (Å²) in [5, 5.41) is 8.78. The van der Waals surface area contributed by atoms with Crippen LogP contribution in [0.3, 0.4) is 0 Å². The lowest BCUT2D eigenvalue weighted by molar-refractivity contribution is -0.0710. The van der Waals surface area contributed by atoms with Crippen LogP contribution in [0.15, 0.2) is 48.5 Å². The quantitative estimate of drug-likeness (QED) is 0.372. The molecule has 0 unspecified atom stereocenters. The van der Waals surface area contributed by atoms with E-state index in [9.17, 15) is 0 Å². The second kappa shape index (κ2) is 14.0. The van der Waals surface area contributed by atoms with Gasteiger partial charge in [-0.25, -0.2) is 0 Å². The predicted molar refractivity (Wildman–Crippen MR) is 107 cm³/mol. The van der Waals surface area contributed by atoms with Gasteiger partial charge in [0.05, 0.1) is 26.4 Å². The van der Waals surface area contributed by atoms with Crippen molar-refractivity contribution >= 4 is 0 Å². The number of aliphatic hydroxyl groups is 1. The standard InChI is InChI=1S/C22H30O6/c1-24-13-14-25-18-26-15-16-28-22-9-5-20(6-10-22)17-19-3-7-21(8-4-19)27-12-2-11-23/h3-10,23H,2,11-18H2,1H3. The van der Waals surface area contributed by atoms with Gasteiger partial charge in [0.25, 0.3) is 0 Å². The smallest absolute Gasteiger partial charge is 0.146 e. The van der Waals surface area contributed by atoms with Crippen molar-refractivity contribution in [2.45, 2.75) is 12.8 Å². The third-order valence-corrected chi connectivity index (χ3v) is 3.92. The fourth-order valence-electron chi connectivity index (χ4n) is 2.43. The second-order valence-corrected chi connectivity index (χ2v) is 6.17. The minimum absolute atomic E-state index is 0.147. The van der Waals surface area contributed by atoms with E-state index in [0.29, 0.717) is 39.5 Å². The molecular formula is C22H30O6. The first-order valence-electron chi connectivity index (χ1n) is 9.50. The highest BCUT2D eigenvalue weighted by atomic mass is 16.7. The normalized spacial score (nSPS) is 10.8. The van der Waals surface area contributed by atoms with E-state index in [1.807, 2.05) is 24.3 Å². The topological polar surface area (TPSA) is 66.4 Å². The van der Waals surface area contributed by atoms with Crippen molar-refractivity contribution in [3.63, 3.8) is 0 Å². The number of benzene rings is 2. The zero-order chi connectivity index (χ0) is 19.9. The Morgan fingerprint density at radius 2 is 1.21 bits per heavy atom. The highest BCUT2D eigenvalue weighted by Crippen LogP contribution is 2.18. The molecule has 154 valence electrons. The van der Waals surface area contributed by atoms with Crippen molar-refractivity contribution in [2.24, 2.45) is 0 Å². The molecule has 0 atom stereocenters. The monoisotopic (exact) mass is 390 g/mol. The molecule has 0 aliphatic carbocycles. The third-order valence-electron chi connectivity index (χ3n) is 3.92. The van der Waals surface area contributed by atoms with E-state index in [2.05, 4.69) is 24.3 Å². The maximum absolute atomic E-state index is 8.78. The molecule has 2 aromatic rings. The molecule has 0 fully saturated rings. The molecule has 2 rings (SSSR count). The molecule has 6 heteroatoms. The summed E-state index contributed by atoms with van der Waals surface area (Å²) in [6.45, 7) is 2.97. The molecule has 0 spiro atoms. The highest BCUT2D eigenvalue weighted by Gasteiger charge is 2.00. The Balaban J connectivity index is 1.65. The molecule has 28 heavy (non-hydrogen) atoms. The van der Waals surface area contributed by atoms with E-state index in [-0.39, 0.29) is 13.4 Å². The van der Waals surface area contributed by atoms with Gasteiger partial charge in [0.15, 0.2) is 0 Å². The predicted octanol–water partition coefficient (Wildman–Crippen LogP) is 3.05. The van der Waals surface area contributed by atoms with Gasteiger partial charge >= 0.3 is 0 Å². The van der Waals surface area contributed by atoms with Crippen molar-refractivity contribution in [1.82, 2.24) is 0 Å². The van der Waals surface area contributed by atoms with Crippen molar-refractivity contribution < 1.29 is 28.8 Å². The van der Waals surface area contributed by atoms with Crippen LogP contribution < -0.4 is 9.47 Å². The lowest BCUT2D eigenvalue weighted by Crippen LogP contribution is -2.11. The molecule has 0 aliphatic heterocycles. The average molecular weight is 390 g/mol. The Kier molecular flexibility index (Phi) is 11.1. The average Bonchev–Trinajstić information content (AvgIpc) is 2.73. The molecule has 0 heterocycles. The van der Waals surface area contributed by atoms with Gasteiger partial charge in [-0.2, -0.15) is 0 Å². The Hall–Kier alpha value is -2.12. The molecule has 0 bridgehead atoms. The maximum atomic E-state index is 8.78. The first-order chi connectivity index (χ1) is 13.8. The largest absolute Gasteiger partial charge is 0.494 e. The van der Waals surface area contributed by atoms with Gasteiger partial charge in [0.1, 0.15) is 24.9 Å². The summed E-state index contributed by atoms with van der Waals surface area (Å²) in [6, 6.07) is 16.1. The Morgan fingerprint density at radius 1 is 0.679 bits per heavy atom. The summed E-state index contributed by atoms with van der Waals surface area (Å²) in [6.07, 6.45) is 1.49. The van der Waals surface area contributed by atoms with Crippen LogP contribution in [-0.4, -0.2) is 58.7 Å². The molecule has 0 amide bonds. The summed E-state index contributed by atoms with van der Waals surface area (Å²) in [5.41, 5.74) is 2.43. The summed E-state index contributed by atoms with van der Waals surface area (Å²) < 4.78 is 26.6. The minimum Gasteiger partial charge on any atom is -0.494 e. The number of methoxy groups -OCH3 is 1. The SMILES string of the molecule is COCCOCOCCOc1ccc(Cc2ccc(OCCCO)cc2)cc1. The number of hydrogen-bond acceptors (Lipinski definition) is 6. The van der Waals surface area contributed by atoms with E-state index in [4.69, 9.17) is 28.8 Å². The van der Waals surface area contributed by atoms with Gasteiger partial charge in [-0.05, 0) is 41.8 Å². The molecule has 6 nitrogen and oxygen atoms in total. The third kappa shape index (κ3) is 9.19. The van der Waals surface area contributed by atoms with Crippen LogP contribution in [0, 0.1) is 0 Å². The molecule has 0 aliphatic rings. The molecule has 0 aromatic heterocycles. The van der Waals surface area contributed by atoms with E-state index < -0.39 is 0 Å². The molecule has 0 radical (unpaired) electrons. The van der Waals surface area contributed by atoms with Crippen LogP contribution in [0.1, 0.15) is 17.5 Å². The Bertz CT molecular complexity index is 626. The van der Waals surface area contributed by atoms with Gasteiger partial charge in [-0.3, -0.25) is 0 Å².